The van der Waals surface area contributed by atoms with Gasteiger partial charge in [0.05, 0.1) is 7.11 Å². The molecule has 0 saturated carbocycles. The Balaban J connectivity index is 3.25. The van der Waals surface area contributed by atoms with Gasteiger partial charge in [0.15, 0.2) is 0 Å². The normalized spacial score (nSPS) is 12.5. The first-order valence-corrected chi connectivity index (χ1v) is 6.35. The van der Waals surface area contributed by atoms with Crippen LogP contribution in [0.15, 0.2) is 0 Å². The Kier molecular flexibility index (Phi) is 10.1. The fraction of sp³-hybridized carbons (Fsp3) is 0.917. The van der Waals surface area contributed by atoms with Gasteiger partial charge in [0, 0.05) is 11.8 Å². The average Bonchev–Trinajstić information content (AvgIpc) is 2.24. The van der Waals surface area contributed by atoms with Crippen LogP contribution in [0.3, 0.4) is 0 Å². The molecule has 0 bridgehead atoms. The average molecular weight is 235 g/mol. The summed E-state index contributed by atoms with van der Waals surface area (Å²) in [4.78, 5) is 10.8. The summed E-state index contributed by atoms with van der Waals surface area (Å²) in [5, 5.41) is 0.228. The number of methoxy groups -OCH3 is 1. The van der Waals surface area contributed by atoms with Crippen molar-refractivity contribution in [2.75, 3.05) is 7.11 Å². The number of rotatable bonds is 9. The number of carbonyl (C=O) groups is 1. The maximum absolute atomic E-state index is 10.8. The lowest BCUT2D eigenvalue weighted by Crippen LogP contribution is -2.03. The minimum absolute atomic E-state index is 0.134. The van der Waals surface area contributed by atoms with Gasteiger partial charge in [-0.1, -0.05) is 32.6 Å². The molecule has 0 aromatic rings. The summed E-state index contributed by atoms with van der Waals surface area (Å²) in [6, 6.07) is 0. The molecule has 2 nitrogen and oxygen atoms in total. The largest absolute Gasteiger partial charge is 0.469 e. The van der Waals surface area contributed by atoms with Gasteiger partial charge in [-0.05, 0) is 19.3 Å². The van der Waals surface area contributed by atoms with Gasteiger partial charge in [-0.15, -0.1) is 11.6 Å². The first-order chi connectivity index (χ1) is 7.20. The molecule has 15 heavy (non-hydrogen) atoms. The van der Waals surface area contributed by atoms with E-state index in [0.717, 1.165) is 19.3 Å². The molecular formula is C12H23ClO2. The first-order valence-electron chi connectivity index (χ1n) is 5.91. The van der Waals surface area contributed by atoms with Crippen LogP contribution in [-0.4, -0.2) is 18.5 Å². The second-order valence-electron chi connectivity index (χ2n) is 3.91. The number of halogens is 1. The molecule has 0 amide bonds. The molecule has 3 heteroatoms. The highest BCUT2D eigenvalue weighted by molar-refractivity contribution is 6.20. The van der Waals surface area contributed by atoms with E-state index in [4.69, 9.17) is 11.6 Å². The molecule has 0 N–H and O–H groups in total. The number of hydrogen-bond donors (Lipinski definition) is 0. The summed E-state index contributed by atoms with van der Waals surface area (Å²) in [7, 11) is 1.42. The van der Waals surface area contributed by atoms with Crippen LogP contribution in [-0.2, 0) is 9.53 Å². The summed E-state index contributed by atoms with van der Waals surface area (Å²) >= 11 is 6.13. The van der Waals surface area contributed by atoms with Crippen molar-refractivity contribution in [2.24, 2.45) is 0 Å². The molecule has 0 spiro atoms. The lowest BCUT2D eigenvalue weighted by atomic mass is 10.1. The summed E-state index contributed by atoms with van der Waals surface area (Å²) in [5.41, 5.74) is 0. The lowest BCUT2D eigenvalue weighted by molar-refractivity contribution is -0.140. The van der Waals surface area contributed by atoms with Crippen LogP contribution in [0.1, 0.15) is 58.3 Å². The topological polar surface area (TPSA) is 26.3 Å². The van der Waals surface area contributed by atoms with E-state index in [-0.39, 0.29) is 11.3 Å². The molecule has 0 aliphatic carbocycles. The molecule has 0 aromatic carbocycles. The van der Waals surface area contributed by atoms with Crippen molar-refractivity contribution in [3.8, 4) is 0 Å². The first kappa shape index (κ1) is 14.8. The summed E-state index contributed by atoms with van der Waals surface area (Å²) < 4.78 is 4.56. The summed E-state index contributed by atoms with van der Waals surface area (Å²) in [5.74, 6) is -0.134. The van der Waals surface area contributed by atoms with Crippen molar-refractivity contribution in [1.29, 1.82) is 0 Å². The van der Waals surface area contributed by atoms with Gasteiger partial charge in [-0.2, -0.15) is 0 Å². The molecular weight excluding hydrogens is 212 g/mol. The number of alkyl halides is 1. The standard InChI is InChI=1S/C12H23ClO2/c1-3-4-5-6-8-11(13)9-7-10-12(14)15-2/h11H,3-10H2,1-2H3. The molecule has 0 radical (unpaired) electrons. The van der Waals surface area contributed by atoms with E-state index in [9.17, 15) is 4.79 Å². The van der Waals surface area contributed by atoms with E-state index in [1.807, 2.05) is 0 Å². The van der Waals surface area contributed by atoms with Gasteiger partial charge in [-0.3, -0.25) is 4.79 Å². The molecule has 0 aromatic heterocycles. The van der Waals surface area contributed by atoms with Gasteiger partial charge < -0.3 is 4.74 Å². The quantitative estimate of drug-likeness (QED) is 0.344. The number of esters is 1. The van der Waals surface area contributed by atoms with Crippen molar-refractivity contribution in [2.45, 2.75) is 63.7 Å². The monoisotopic (exact) mass is 234 g/mol. The Hall–Kier alpha value is -0.240. The van der Waals surface area contributed by atoms with Crippen LogP contribution >= 0.6 is 11.6 Å². The van der Waals surface area contributed by atoms with Crippen LogP contribution in [0.4, 0.5) is 0 Å². The number of ether oxygens (including phenoxy) is 1. The Morgan fingerprint density at radius 2 is 1.87 bits per heavy atom. The van der Waals surface area contributed by atoms with Gasteiger partial charge in [0.2, 0.25) is 0 Å². The van der Waals surface area contributed by atoms with Crippen molar-refractivity contribution in [3.63, 3.8) is 0 Å². The third kappa shape index (κ3) is 10.1. The van der Waals surface area contributed by atoms with Crippen molar-refractivity contribution in [1.82, 2.24) is 0 Å². The minimum atomic E-state index is -0.134. The number of carbonyl (C=O) groups excluding carboxylic acids is 1. The molecule has 0 heterocycles. The SMILES string of the molecule is CCCCCCC(Cl)CCCC(=O)OC. The smallest absolute Gasteiger partial charge is 0.305 e. The third-order valence-corrected chi connectivity index (χ3v) is 2.93. The predicted octanol–water partition coefficient (Wildman–Crippen LogP) is 3.91. The second-order valence-corrected chi connectivity index (χ2v) is 4.53. The van der Waals surface area contributed by atoms with Gasteiger partial charge in [0.1, 0.15) is 0 Å². The maximum Gasteiger partial charge on any atom is 0.305 e. The van der Waals surface area contributed by atoms with Crippen molar-refractivity contribution >= 4 is 17.6 Å². The van der Waals surface area contributed by atoms with E-state index in [2.05, 4.69) is 11.7 Å². The molecule has 0 aliphatic heterocycles. The highest BCUT2D eigenvalue weighted by Gasteiger charge is 2.06. The molecule has 90 valence electrons. The molecule has 0 aliphatic rings. The van der Waals surface area contributed by atoms with Crippen molar-refractivity contribution < 1.29 is 9.53 Å². The molecule has 0 saturated heterocycles. The molecule has 0 fully saturated rings. The zero-order chi connectivity index (χ0) is 11.5. The van der Waals surface area contributed by atoms with Gasteiger partial charge >= 0.3 is 5.97 Å². The van der Waals surface area contributed by atoms with Crippen LogP contribution in [0.5, 0.6) is 0 Å². The van der Waals surface area contributed by atoms with Crippen LogP contribution in [0.25, 0.3) is 0 Å². The van der Waals surface area contributed by atoms with E-state index in [0.29, 0.717) is 6.42 Å². The lowest BCUT2D eigenvalue weighted by Gasteiger charge is -2.08. The van der Waals surface area contributed by atoms with Crippen LogP contribution in [0, 0.1) is 0 Å². The second kappa shape index (κ2) is 10.3. The Morgan fingerprint density at radius 3 is 2.47 bits per heavy atom. The van der Waals surface area contributed by atoms with E-state index < -0.39 is 0 Å². The predicted molar refractivity (Wildman–Crippen MR) is 64.3 cm³/mol. The zero-order valence-corrected chi connectivity index (χ0v) is 10.7. The fourth-order valence-corrected chi connectivity index (χ4v) is 1.82. The van der Waals surface area contributed by atoms with Gasteiger partial charge in [-0.25, -0.2) is 0 Å². The maximum atomic E-state index is 10.8. The summed E-state index contributed by atoms with van der Waals surface area (Å²) in [6.45, 7) is 2.20. The summed E-state index contributed by atoms with van der Waals surface area (Å²) in [6.07, 6.45) is 8.37. The highest BCUT2D eigenvalue weighted by Crippen LogP contribution is 2.16. The fourth-order valence-electron chi connectivity index (χ4n) is 1.51. The van der Waals surface area contributed by atoms with Crippen LogP contribution < -0.4 is 0 Å². The molecule has 0 rings (SSSR count). The Bertz CT molecular complexity index is 160. The van der Waals surface area contributed by atoms with Gasteiger partial charge in [0.25, 0.3) is 0 Å². The number of unbranched alkanes of at least 4 members (excludes halogenated alkanes) is 3. The Morgan fingerprint density at radius 1 is 1.20 bits per heavy atom. The molecule has 1 unspecified atom stereocenters. The van der Waals surface area contributed by atoms with E-state index in [1.165, 1.54) is 32.8 Å². The Labute approximate surface area is 98.3 Å². The van der Waals surface area contributed by atoms with Crippen LogP contribution in [0.2, 0.25) is 0 Å². The van der Waals surface area contributed by atoms with E-state index in [1.54, 1.807) is 0 Å². The zero-order valence-electron chi connectivity index (χ0n) is 9.93. The third-order valence-electron chi connectivity index (χ3n) is 2.50. The minimum Gasteiger partial charge on any atom is -0.469 e. The van der Waals surface area contributed by atoms with E-state index >= 15 is 0 Å². The highest BCUT2D eigenvalue weighted by atomic mass is 35.5. The molecule has 1 atom stereocenters. The van der Waals surface area contributed by atoms with Crippen molar-refractivity contribution in [3.05, 3.63) is 0 Å². The number of hydrogen-bond acceptors (Lipinski definition) is 2.